The van der Waals surface area contributed by atoms with Crippen LogP contribution >= 0.6 is 0 Å². The van der Waals surface area contributed by atoms with E-state index in [0.717, 1.165) is 38.4 Å². The lowest BCUT2D eigenvalue weighted by Gasteiger charge is -2.34. The standard InChI is InChI=1S/C21H30N4O3/c1-5-24-9-11-25(12-10-24)14-17-19(21(27)28-6-2)22-18-8-7-15(23(3)4)13-16(18)20(17)26/h7-8,13H,5-6,9-12,14H2,1-4H3,(H,22,26). The quantitative estimate of drug-likeness (QED) is 0.765. The number of piperazine rings is 1. The third-order valence-electron chi connectivity index (χ3n) is 5.37. The Morgan fingerprint density at radius 1 is 1.14 bits per heavy atom. The molecule has 0 bridgehead atoms. The van der Waals surface area contributed by atoms with E-state index < -0.39 is 5.97 Å². The Morgan fingerprint density at radius 3 is 2.43 bits per heavy atom. The number of nitrogens with zero attached hydrogens (tertiary/aromatic N) is 3. The van der Waals surface area contributed by atoms with Crippen molar-refractivity contribution in [2.75, 3.05) is 58.3 Å². The van der Waals surface area contributed by atoms with Crippen LogP contribution in [0.1, 0.15) is 29.9 Å². The summed E-state index contributed by atoms with van der Waals surface area (Å²) in [6.07, 6.45) is 0. The zero-order valence-corrected chi connectivity index (χ0v) is 17.2. The fourth-order valence-electron chi connectivity index (χ4n) is 3.61. The molecule has 1 aliphatic heterocycles. The van der Waals surface area contributed by atoms with Gasteiger partial charge >= 0.3 is 5.97 Å². The smallest absolute Gasteiger partial charge is 0.355 e. The highest BCUT2D eigenvalue weighted by molar-refractivity contribution is 5.93. The van der Waals surface area contributed by atoms with Gasteiger partial charge in [0.15, 0.2) is 5.43 Å². The lowest BCUT2D eigenvalue weighted by Crippen LogP contribution is -2.46. The Morgan fingerprint density at radius 2 is 1.82 bits per heavy atom. The molecular formula is C21H30N4O3. The molecule has 1 fully saturated rings. The van der Waals surface area contributed by atoms with Gasteiger partial charge in [-0.2, -0.15) is 0 Å². The van der Waals surface area contributed by atoms with Crippen LogP contribution < -0.4 is 10.3 Å². The Kier molecular flexibility index (Phi) is 6.36. The fourth-order valence-corrected chi connectivity index (χ4v) is 3.61. The van der Waals surface area contributed by atoms with E-state index in [4.69, 9.17) is 4.74 Å². The van der Waals surface area contributed by atoms with Crippen LogP contribution in [0.5, 0.6) is 0 Å². The van der Waals surface area contributed by atoms with E-state index in [1.54, 1.807) is 6.92 Å². The summed E-state index contributed by atoms with van der Waals surface area (Å²) in [6, 6.07) is 5.65. The molecule has 0 atom stereocenters. The van der Waals surface area contributed by atoms with Crippen LogP contribution in [-0.2, 0) is 11.3 Å². The number of esters is 1. The van der Waals surface area contributed by atoms with Crippen molar-refractivity contribution in [3.8, 4) is 0 Å². The van der Waals surface area contributed by atoms with Gasteiger partial charge in [0.1, 0.15) is 5.69 Å². The average Bonchev–Trinajstić information content (AvgIpc) is 2.70. The highest BCUT2D eigenvalue weighted by Gasteiger charge is 2.23. The number of hydrogen-bond donors (Lipinski definition) is 1. The van der Waals surface area contributed by atoms with Crippen LogP contribution in [0.2, 0.25) is 0 Å². The van der Waals surface area contributed by atoms with Crippen LogP contribution in [0, 0.1) is 0 Å². The number of ether oxygens (including phenoxy) is 1. The zero-order chi connectivity index (χ0) is 20.3. The molecule has 1 aromatic carbocycles. The number of pyridine rings is 1. The maximum absolute atomic E-state index is 13.3. The monoisotopic (exact) mass is 386 g/mol. The minimum atomic E-state index is -0.472. The van der Waals surface area contributed by atoms with E-state index in [9.17, 15) is 9.59 Å². The van der Waals surface area contributed by atoms with Crippen molar-refractivity contribution in [1.82, 2.24) is 14.8 Å². The van der Waals surface area contributed by atoms with Crippen molar-refractivity contribution in [2.24, 2.45) is 0 Å². The molecule has 0 aliphatic carbocycles. The van der Waals surface area contributed by atoms with E-state index in [-0.39, 0.29) is 17.7 Å². The molecule has 7 nitrogen and oxygen atoms in total. The van der Waals surface area contributed by atoms with Crippen molar-refractivity contribution in [2.45, 2.75) is 20.4 Å². The fraction of sp³-hybridized carbons (Fsp3) is 0.524. The molecule has 152 valence electrons. The van der Waals surface area contributed by atoms with Crippen LogP contribution in [0.15, 0.2) is 23.0 Å². The second-order valence-electron chi connectivity index (χ2n) is 7.36. The molecule has 2 aromatic rings. The van der Waals surface area contributed by atoms with Crippen LogP contribution in [0.25, 0.3) is 10.9 Å². The van der Waals surface area contributed by atoms with Crippen molar-refractivity contribution in [1.29, 1.82) is 0 Å². The van der Waals surface area contributed by atoms with Gasteiger partial charge in [-0.05, 0) is 31.7 Å². The molecule has 0 spiro atoms. The van der Waals surface area contributed by atoms with E-state index in [0.29, 0.717) is 23.0 Å². The first-order valence-corrected chi connectivity index (χ1v) is 9.92. The second-order valence-corrected chi connectivity index (χ2v) is 7.36. The molecule has 0 radical (unpaired) electrons. The lowest BCUT2D eigenvalue weighted by molar-refractivity contribution is 0.0516. The molecule has 0 amide bonds. The molecule has 3 rings (SSSR count). The highest BCUT2D eigenvalue weighted by Crippen LogP contribution is 2.20. The SMILES string of the molecule is CCOC(=O)c1[nH]c2ccc(N(C)C)cc2c(=O)c1CN1CCN(CC)CC1. The van der Waals surface area contributed by atoms with Gasteiger partial charge < -0.3 is 19.5 Å². The summed E-state index contributed by atoms with van der Waals surface area (Å²) in [5, 5.41) is 0.599. The number of aromatic nitrogens is 1. The van der Waals surface area contributed by atoms with Crippen LogP contribution in [0.3, 0.4) is 0 Å². The summed E-state index contributed by atoms with van der Waals surface area (Å²) in [6.45, 7) is 9.39. The number of aromatic amines is 1. The van der Waals surface area contributed by atoms with Crippen molar-refractivity contribution < 1.29 is 9.53 Å². The highest BCUT2D eigenvalue weighted by atomic mass is 16.5. The Balaban J connectivity index is 2.03. The molecule has 2 heterocycles. The zero-order valence-electron chi connectivity index (χ0n) is 17.2. The van der Waals surface area contributed by atoms with Crippen molar-refractivity contribution in [3.05, 3.63) is 39.7 Å². The summed E-state index contributed by atoms with van der Waals surface area (Å²) in [5.74, 6) is -0.472. The third-order valence-corrected chi connectivity index (χ3v) is 5.37. The topological polar surface area (TPSA) is 68.9 Å². The Hall–Kier alpha value is -2.38. The second kappa shape index (κ2) is 8.75. The van der Waals surface area contributed by atoms with E-state index in [1.807, 2.05) is 37.2 Å². The number of anilines is 1. The van der Waals surface area contributed by atoms with Gasteiger partial charge in [0.25, 0.3) is 0 Å². The maximum Gasteiger partial charge on any atom is 0.355 e. The molecule has 0 unspecified atom stereocenters. The number of carbonyl (C=O) groups excluding carboxylic acids is 1. The summed E-state index contributed by atoms with van der Waals surface area (Å²) in [4.78, 5) is 35.6. The number of benzene rings is 1. The maximum atomic E-state index is 13.3. The molecule has 7 heteroatoms. The molecule has 28 heavy (non-hydrogen) atoms. The number of hydrogen-bond acceptors (Lipinski definition) is 6. The predicted octanol–water partition coefficient (Wildman–Crippen LogP) is 1.91. The van der Waals surface area contributed by atoms with Crippen molar-refractivity contribution in [3.63, 3.8) is 0 Å². The minimum Gasteiger partial charge on any atom is -0.461 e. The number of nitrogens with one attached hydrogen (secondary N) is 1. The van der Waals surface area contributed by atoms with Gasteiger partial charge in [0.05, 0.1) is 12.1 Å². The van der Waals surface area contributed by atoms with E-state index in [1.165, 1.54) is 0 Å². The molecule has 1 aromatic heterocycles. The van der Waals surface area contributed by atoms with Gasteiger partial charge in [-0.15, -0.1) is 0 Å². The van der Waals surface area contributed by atoms with Gasteiger partial charge in [-0.1, -0.05) is 6.92 Å². The predicted molar refractivity (Wildman–Crippen MR) is 112 cm³/mol. The summed E-state index contributed by atoms with van der Waals surface area (Å²) < 4.78 is 5.21. The first-order chi connectivity index (χ1) is 13.4. The Labute approximate surface area is 165 Å². The number of H-pyrrole nitrogens is 1. The van der Waals surface area contributed by atoms with Gasteiger partial charge in [0.2, 0.25) is 0 Å². The molecule has 1 N–H and O–H groups in total. The average molecular weight is 386 g/mol. The van der Waals surface area contributed by atoms with E-state index >= 15 is 0 Å². The van der Waals surface area contributed by atoms with Crippen LogP contribution in [-0.4, -0.2) is 74.2 Å². The summed E-state index contributed by atoms with van der Waals surface area (Å²) in [7, 11) is 3.88. The number of rotatable bonds is 6. The van der Waals surface area contributed by atoms with Gasteiger partial charge in [-0.25, -0.2) is 4.79 Å². The van der Waals surface area contributed by atoms with Gasteiger partial charge in [-0.3, -0.25) is 9.69 Å². The molecule has 1 aliphatic rings. The first kappa shape index (κ1) is 20.4. The molecular weight excluding hydrogens is 356 g/mol. The van der Waals surface area contributed by atoms with E-state index in [2.05, 4.69) is 21.7 Å². The molecule has 0 saturated carbocycles. The third kappa shape index (κ3) is 4.20. The number of likely N-dealkylation sites (N-methyl/N-ethyl adjacent to an activating group) is 1. The van der Waals surface area contributed by atoms with Crippen molar-refractivity contribution >= 4 is 22.6 Å². The largest absolute Gasteiger partial charge is 0.461 e. The minimum absolute atomic E-state index is 0.0987. The first-order valence-electron chi connectivity index (χ1n) is 9.92. The summed E-state index contributed by atoms with van der Waals surface area (Å²) in [5.41, 5.74) is 2.27. The molecule has 1 saturated heterocycles. The summed E-state index contributed by atoms with van der Waals surface area (Å²) >= 11 is 0. The van der Waals surface area contributed by atoms with Crippen LogP contribution in [0.4, 0.5) is 5.69 Å². The van der Waals surface area contributed by atoms with Gasteiger partial charge in [0, 0.05) is 63.5 Å². The normalized spacial score (nSPS) is 15.7. The number of fused-ring (bicyclic) bond motifs is 1. The lowest BCUT2D eigenvalue weighted by atomic mass is 10.1. The number of carbonyl (C=O) groups is 1. The Bertz CT molecular complexity index is 898.